The summed E-state index contributed by atoms with van der Waals surface area (Å²) >= 11 is 1.00. The van der Waals surface area contributed by atoms with Gasteiger partial charge in [-0.05, 0) is 32.3 Å². The van der Waals surface area contributed by atoms with Crippen molar-refractivity contribution in [3.8, 4) is 0 Å². The lowest BCUT2D eigenvalue weighted by atomic mass is 10.0. The Bertz CT molecular complexity index is 476. The van der Waals surface area contributed by atoms with Crippen LogP contribution in [0.25, 0.3) is 0 Å². The van der Waals surface area contributed by atoms with Gasteiger partial charge in [0.1, 0.15) is 10.6 Å². The molecule has 0 aliphatic carbocycles. The maximum absolute atomic E-state index is 12.0. The monoisotopic (exact) mass is 271 g/mol. The molecule has 0 fully saturated rings. The van der Waals surface area contributed by atoms with Gasteiger partial charge in [-0.25, -0.2) is 4.79 Å². The van der Waals surface area contributed by atoms with Crippen molar-refractivity contribution in [2.75, 3.05) is 11.9 Å². The van der Waals surface area contributed by atoms with Gasteiger partial charge in [-0.3, -0.25) is 4.79 Å². The van der Waals surface area contributed by atoms with Gasteiger partial charge in [0, 0.05) is 19.0 Å². The summed E-state index contributed by atoms with van der Waals surface area (Å²) in [5.41, 5.74) is 5.63. The Hall–Kier alpha value is -1.47. The number of carboxylic acid groups (broad SMARTS) is 1. The first kappa shape index (κ1) is 14.6. The van der Waals surface area contributed by atoms with Crippen LogP contribution in [0, 0.1) is 6.92 Å². The highest BCUT2D eigenvalue weighted by Gasteiger charge is 2.26. The lowest BCUT2D eigenvalue weighted by Crippen LogP contribution is -2.40. The first-order chi connectivity index (χ1) is 8.13. The molecular formula is C11H17N3O3S. The summed E-state index contributed by atoms with van der Waals surface area (Å²) in [6, 6.07) is 0. The molecule has 0 aromatic carbocycles. The summed E-state index contributed by atoms with van der Waals surface area (Å²) in [5.74, 6) is -1.31. The van der Waals surface area contributed by atoms with E-state index in [0.717, 1.165) is 11.5 Å². The van der Waals surface area contributed by atoms with Gasteiger partial charge >= 0.3 is 5.97 Å². The number of carbonyl (C=O) groups is 2. The number of nitrogens with two attached hydrogens (primary N) is 1. The second-order valence-corrected chi connectivity index (χ2v) is 5.62. The highest BCUT2D eigenvalue weighted by Crippen LogP contribution is 2.28. The fourth-order valence-electron chi connectivity index (χ4n) is 1.45. The molecule has 1 heterocycles. The molecule has 0 spiro atoms. The number of anilines is 1. The van der Waals surface area contributed by atoms with Crippen LogP contribution in [0.4, 0.5) is 5.00 Å². The van der Waals surface area contributed by atoms with Crippen molar-refractivity contribution in [1.29, 1.82) is 0 Å². The van der Waals surface area contributed by atoms with Crippen LogP contribution in [0.1, 0.15) is 36.3 Å². The molecule has 0 aliphatic rings. The third-order valence-corrected chi connectivity index (χ3v) is 3.36. The van der Waals surface area contributed by atoms with Crippen molar-refractivity contribution in [3.63, 3.8) is 0 Å². The van der Waals surface area contributed by atoms with Crippen molar-refractivity contribution in [3.05, 3.63) is 11.3 Å². The summed E-state index contributed by atoms with van der Waals surface area (Å²) in [4.78, 5) is 24.4. The van der Waals surface area contributed by atoms with Crippen LogP contribution in [-0.4, -0.2) is 33.9 Å². The van der Waals surface area contributed by atoms with E-state index in [1.807, 2.05) is 0 Å². The number of carbonyl (C=O) groups excluding carboxylic acids is 1. The Balaban J connectivity index is 3.01. The van der Waals surface area contributed by atoms with Crippen molar-refractivity contribution in [2.24, 2.45) is 5.73 Å². The number of aromatic carboxylic acids is 1. The first-order valence-electron chi connectivity index (χ1n) is 5.38. The van der Waals surface area contributed by atoms with Crippen LogP contribution in [0.3, 0.4) is 0 Å². The van der Waals surface area contributed by atoms with Gasteiger partial charge in [0.05, 0.1) is 5.69 Å². The van der Waals surface area contributed by atoms with Gasteiger partial charge in [-0.2, -0.15) is 4.37 Å². The summed E-state index contributed by atoms with van der Waals surface area (Å²) in [6.07, 6.45) is 0.138. The molecule has 0 radical (unpaired) electrons. The molecule has 0 unspecified atom stereocenters. The van der Waals surface area contributed by atoms with Crippen molar-refractivity contribution < 1.29 is 14.7 Å². The van der Waals surface area contributed by atoms with E-state index in [-0.39, 0.29) is 17.9 Å². The summed E-state index contributed by atoms with van der Waals surface area (Å²) < 4.78 is 3.97. The van der Waals surface area contributed by atoms with Crippen LogP contribution < -0.4 is 10.6 Å². The fraction of sp³-hybridized carbons (Fsp3) is 0.545. The predicted octanol–water partition coefficient (Wildman–Crippen LogP) is 1.24. The lowest BCUT2D eigenvalue weighted by Gasteiger charge is -2.22. The van der Waals surface area contributed by atoms with E-state index < -0.39 is 11.5 Å². The number of hydrogen-bond donors (Lipinski definition) is 2. The zero-order valence-corrected chi connectivity index (χ0v) is 11.7. The van der Waals surface area contributed by atoms with Gasteiger partial charge in [-0.1, -0.05) is 0 Å². The highest BCUT2D eigenvalue weighted by molar-refractivity contribution is 7.11. The molecule has 18 heavy (non-hydrogen) atoms. The maximum atomic E-state index is 12.0. The first-order valence-corrected chi connectivity index (χ1v) is 6.16. The second-order valence-electron chi connectivity index (χ2n) is 4.87. The number of rotatable bonds is 4. The number of aryl methyl sites for hydroxylation is 1. The van der Waals surface area contributed by atoms with Crippen molar-refractivity contribution in [2.45, 2.75) is 32.7 Å². The van der Waals surface area contributed by atoms with E-state index >= 15 is 0 Å². The minimum absolute atomic E-state index is 0.0747. The van der Waals surface area contributed by atoms with E-state index in [1.165, 1.54) is 11.9 Å². The topological polar surface area (TPSA) is 96.5 Å². The molecule has 1 aromatic heterocycles. The number of aromatic nitrogens is 1. The Kier molecular flexibility index (Phi) is 4.08. The average molecular weight is 271 g/mol. The standard InChI is InChI=1S/C11H17N3O3S/c1-6-8(10(16)17)9(18-13-6)14(4)7(15)5-11(2,3)12/h5,12H2,1-4H3,(H,16,17). The molecule has 100 valence electrons. The minimum Gasteiger partial charge on any atom is -0.478 e. The van der Waals surface area contributed by atoms with Gasteiger partial charge in [0.25, 0.3) is 0 Å². The smallest absolute Gasteiger partial charge is 0.340 e. The molecule has 6 nitrogen and oxygen atoms in total. The molecule has 0 bridgehead atoms. The maximum Gasteiger partial charge on any atom is 0.340 e. The molecule has 3 N–H and O–H groups in total. The van der Waals surface area contributed by atoms with E-state index in [9.17, 15) is 9.59 Å². The van der Waals surface area contributed by atoms with Crippen LogP contribution in [0.2, 0.25) is 0 Å². The van der Waals surface area contributed by atoms with Crippen molar-refractivity contribution in [1.82, 2.24) is 4.37 Å². The highest BCUT2D eigenvalue weighted by atomic mass is 32.1. The Morgan fingerprint density at radius 3 is 2.50 bits per heavy atom. The molecule has 7 heteroatoms. The second kappa shape index (κ2) is 5.03. The average Bonchev–Trinajstić information content (AvgIpc) is 2.56. The fourth-order valence-corrected chi connectivity index (χ4v) is 2.32. The largest absolute Gasteiger partial charge is 0.478 e. The number of amides is 1. The van der Waals surface area contributed by atoms with E-state index in [2.05, 4.69) is 4.37 Å². The number of hydrogen-bond acceptors (Lipinski definition) is 5. The predicted molar refractivity (Wildman–Crippen MR) is 70.1 cm³/mol. The zero-order chi connectivity index (χ0) is 14.1. The van der Waals surface area contributed by atoms with Gasteiger partial charge in [0.2, 0.25) is 5.91 Å². The Morgan fingerprint density at radius 2 is 2.06 bits per heavy atom. The van der Waals surface area contributed by atoms with Gasteiger partial charge in [0.15, 0.2) is 0 Å². The normalized spacial score (nSPS) is 11.4. The minimum atomic E-state index is -1.08. The quantitative estimate of drug-likeness (QED) is 0.858. The van der Waals surface area contributed by atoms with Gasteiger partial charge in [-0.15, -0.1) is 0 Å². The summed E-state index contributed by atoms with van der Waals surface area (Å²) in [6.45, 7) is 5.10. The van der Waals surface area contributed by atoms with Gasteiger partial charge < -0.3 is 15.7 Å². The molecule has 0 saturated carbocycles. The van der Waals surface area contributed by atoms with Crippen molar-refractivity contribution >= 4 is 28.4 Å². The molecular weight excluding hydrogens is 254 g/mol. The van der Waals surface area contributed by atoms with E-state index in [1.54, 1.807) is 20.8 Å². The Labute approximate surface area is 110 Å². The zero-order valence-electron chi connectivity index (χ0n) is 10.9. The molecule has 1 rings (SSSR count). The van der Waals surface area contributed by atoms with E-state index in [4.69, 9.17) is 10.8 Å². The Morgan fingerprint density at radius 1 is 1.50 bits per heavy atom. The van der Waals surface area contributed by atoms with Crippen LogP contribution in [-0.2, 0) is 4.79 Å². The SMILES string of the molecule is Cc1nsc(N(C)C(=O)CC(C)(C)N)c1C(=O)O. The lowest BCUT2D eigenvalue weighted by molar-refractivity contribution is -0.119. The third kappa shape index (κ3) is 3.27. The van der Waals surface area contributed by atoms with E-state index in [0.29, 0.717) is 10.7 Å². The molecule has 1 aromatic rings. The summed E-state index contributed by atoms with van der Waals surface area (Å²) in [5, 5.41) is 9.44. The number of nitrogens with zero attached hydrogens (tertiary/aromatic N) is 2. The molecule has 0 atom stereocenters. The summed E-state index contributed by atoms with van der Waals surface area (Å²) in [7, 11) is 1.54. The van der Waals surface area contributed by atoms with Crippen LogP contribution in [0.5, 0.6) is 0 Å². The molecule has 0 aliphatic heterocycles. The third-order valence-electron chi connectivity index (χ3n) is 2.34. The molecule has 0 saturated heterocycles. The van der Waals surface area contributed by atoms with Crippen LogP contribution >= 0.6 is 11.5 Å². The molecule has 1 amide bonds. The van der Waals surface area contributed by atoms with Crippen LogP contribution in [0.15, 0.2) is 0 Å². The number of carboxylic acids is 1.